The topological polar surface area (TPSA) is 12.0 Å². The zero-order valence-corrected chi connectivity index (χ0v) is 16.3. The summed E-state index contributed by atoms with van der Waals surface area (Å²) in [6.45, 7) is 3.02. The van der Waals surface area contributed by atoms with Crippen molar-refractivity contribution in [2.45, 2.75) is 19.4 Å². The van der Waals surface area contributed by atoms with E-state index >= 15 is 0 Å². The Morgan fingerprint density at radius 2 is 1.95 bits per heavy atom. The van der Waals surface area contributed by atoms with Gasteiger partial charge in [0, 0.05) is 4.47 Å². The van der Waals surface area contributed by atoms with Gasteiger partial charge in [-0.05, 0) is 74.2 Å². The molecule has 0 aliphatic carbocycles. The normalized spacial score (nSPS) is 12.7. The largest absolute Gasteiger partial charge is 0.306 e. The summed E-state index contributed by atoms with van der Waals surface area (Å²) < 4.78 is 16.2. The van der Waals surface area contributed by atoms with Gasteiger partial charge in [-0.25, -0.2) is 4.39 Å². The van der Waals surface area contributed by atoms with Crippen LogP contribution in [0.2, 0.25) is 0 Å². The monoisotopic (exact) mass is 483 g/mol. The second-order valence-electron chi connectivity index (χ2n) is 4.33. The molecule has 2 rings (SSSR count). The highest BCUT2D eigenvalue weighted by Gasteiger charge is 2.21. The van der Waals surface area contributed by atoms with Crippen LogP contribution in [-0.4, -0.2) is 6.54 Å². The predicted molar refractivity (Wildman–Crippen MR) is 94.0 cm³/mol. The number of halogens is 4. The van der Waals surface area contributed by atoms with Gasteiger partial charge in [0.2, 0.25) is 0 Å². The van der Waals surface area contributed by atoms with Gasteiger partial charge < -0.3 is 5.32 Å². The number of thiophene rings is 1. The first-order valence-corrected chi connectivity index (χ1v) is 9.35. The maximum atomic E-state index is 13.3. The molecule has 1 unspecified atom stereocenters. The summed E-state index contributed by atoms with van der Waals surface area (Å²) in [5.74, 6) is -0.236. The van der Waals surface area contributed by atoms with E-state index in [9.17, 15) is 4.39 Å². The van der Waals surface area contributed by atoms with Gasteiger partial charge in [0.1, 0.15) is 5.82 Å². The Morgan fingerprint density at radius 1 is 1.20 bits per heavy atom. The number of benzene rings is 1. The first-order chi connectivity index (χ1) is 9.52. The molecule has 1 nitrogen and oxygen atoms in total. The Balaban J connectivity index is 2.44. The van der Waals surface area contributed by atoms with Crippen LogP contribution < -0.4 is 5.32 Å². The van der Waals surface area contributed by atoms with Crippen molar-refractivity contribution in [1.29, 1.82) is 0 Å². The van der Waals surface area contributed by atoms with Gasteiger partial charge in [0.05, 0.1) is 13.6 Å². The van der Waals surface area contributed by atoms with Crippen molar-refractivity contribution in [3.63, 3.8) is 0 Å². The molecule has 0 fully saturated rings. The van der Waals surface area contributed by atoms with Crippen molar-refractivity contribution in [3.8, 4) is 0 Å². The minimum atomic E-state index is -0.236. The molecule has 0 radical (unpaired) electrons. The summed E-state index contributed by atoms with van der Waals surface area (Å²) >= 11 is 12.2. The van der Waals surface area contributed by atoms with E-state index in [4.69, 9.17) is 0 Å². The molecule has 108 valence electrons. The van der Waals surface area contributed by atoms with Crippen LogP contribution in [0.1, 0.15) is 30.5 Å². The molecule has 0 aliphatic heterocycles. The molecule has 0 spiro atoms. The predicted octanol–water partition coefficient (Wildman–Crippen LogP) is 6.26. The van der Waals surface area contributed by atoms with Crippen molar-refractivity contribution in [1.82, 2.24) is 5.32 Å². The maximum Gasteiger partial charge on any atom is 0.124 e. The second kappa shape index (κ2) is 7.49. The minimum absolute atomic E-state index is 0.0295. The molecule has 2 aromatic rings. The van der Waals surface area contributed by atoms with Crippen molar-refractivity contribution in [3.05, 3.63) is 53.3 Å². The van der Waals surface area contributed by atoms with Crippen LogP contribution in [0, 0.1) is 5.82 Å². The van der Waals surface area contributed by atoms with Gasteiger partial charge in [-0.15, -0.1) is 11.3 Å². The van der Waals surface area contributed by atoms with Crippen LogP contribution in [0.4, 0.5) is 4.39 Å². The fourth-order valence-corrected chi connectivity index (χ4v) is 5.44. The van der Waals surface area contributed by atoms with Gasteiger partial charge >= 0.3 is 0 Å². The summed E-state index contributed by atoms with van der Waals surface area (Å²) in [6.07, 6.45) is 1.04. The average Bonchev–Trinajstić information content (AvgIpc) is 2.71. The van der Waals surface area contributed by atoms with Gasteiger partial charge in [-0.1, -0.05) is 28.9 Å². The fraction of sp³-hybridized carbons (Fsp3) is 0.286. The summed E-state index contributed by atoms with van der Waals surface area (Å²) in [7, 11) is 0. The first-order valence-electron chi connectivity index (χ1n) is 6.16. The lowest BCUT2D eigenvalue weighted by molar-refractivity contribution is 0.590. The molecule has 20 heavy (non-hydrogen) atoms. The molecule has 1 aromatic heterocycles. The van der Waals surface area contributed by atoms with E-state index in [-0.39, 0.29) is 11.9 Å². The summed E-state index contributed by atoms with van der Waals surface area (Å²) in [4.78, 5) is 0. The number of hydrogen-bond acceptors (Lipinski definition) is 2. The Labute approximate surface area is 147 Å². The highest BCUT2D eigenvalue weighted by molar-refractivity contribution is 9.12. The Bertz CT molecular complexity index is 600. The van der Waals surface area contributed by atoms with Crippen LogP contribution in [0.5, 0.6) is 0 Å². The van der Waals surface area contributed by atoms with E-state index < -0.39 is 0 Å². The van der Waals surface area contributed by atoms with E-state index in [1.165, 1.54) is 12.1 Å². The van der Waals surface area contributed by atoms with Gasteiger partial charge in [0.25, 0.3) is 0 Å². The summed E-state index contributed by atoms with van der Waals surface area (Å²) in [5, 5.41) is 3.52. The highest BCUT2D eigenvalue weighted by atomic mass is 79.9. The number of rotatable bonds is 5. The molecular weight excluding hydrogens is 473 g/mol. The molecule has 1 heterocycles. The molecule has 0 aliphatic rings. The summed E-state index contributed by atoms with van der Waals surface area (Å²) in [6, 6.07) is 6.95. The SMILES string of the molecule is CCCNC(c1ccc(F)cc1Br)c1cc(Br)sc1Br. The van der Waals surface area contributed by atoms with E-state index in [2.05, 4.69) is 66.1 Å². The lowest BCUT2D eigenvalue weighted by Crippen LogP contribution is -2.23. The molecule has 0 saturated carbocycles. The summed E-state index contributed by atoms with van der Waals surface area (Å²) in [5.41, 5.74) is 2.19. The third-order valence-electron chi connectivity index (χ3n) is 2.87. The molecule has 0 amide bonds. The Morgan fingerprint density at radius 3 is 2.50 bits per heavy atom. The molecule has 1 atom stereocenters. The van der Waals surface area contributed by atoms with Crippen LogP contribution in [0.3, 0.4) is 0 Å². The van der Waals surface area contributed by atoms with Gasteiger partial charge in [0.15, 0.2) is 0 Å². The lowest BCUT2D eigenvalue weighted by atomic mass is 10.0. The molecule has 0 bridgehead atoms. The van der Waals surface area contributed by atoms with E-state index in [0.29, 0.717) is 0 Å². The van der Waals surface area contributed by atoms with Crippen LogP contribution in [-0.2, 0) is 0 Å². The zero-order valence-electron chi connectivity index (χ0n) is 10.7. The third-order valence-corrected chi connectivity index (χ3v) is 5.94. The Hall–Kier alpha value is 0.250. The van der Waals surface area contributed by atoms with Crippen molar-refractivity contribution in [2.24, 2.45) is 0 Å². The fourth-order valence-electron chi connectivity index (χ4n) is 1.96. The average molecular weight is 486 g/mol. The zero-order chi connectivity index (χ0) is 14.7. The first kappa shape index (κ1) is 16.6. The minimum Gasteiger partial charge on any atom is -0.306 e. The molecule has 6 heteroatoms. The van der Waals surface area contributed by atoms with E-state index in [1.54, 1.807) is 11.3 Å². The van der Waals surface area contributed by atoms with Gasteiger partial charge in [-0.3, -0.25) is 0 Å². The Kier molecular flexibility index (Phi) is 6.23. The smallest absolute Gasteiger partial charge is 0.124 e. The van der Waals surface area contributed by atoms with Crippen LogP contribution >= 0.6 is 59.1 Å². The third kappa shape index (κ3) is 3.91. The lowest BCUT2D eigenvalue weighted by Gasteiger charge is -2.20. The van der Waals surface area contributed by atoms with E-state index in [1.807, 2.05) is 6.07 Å². The van der Waals surface area contributed by atoms with Crippen molar-refractivity contribution >= 4 is 59.1 Å². The van der Waals surface area contributed by atoms with Crippen LogP contribution in [0.15, 0.2) is 36.3 Å². The molecule has 1 N–H and O–H groups in total. The highest BCUT2D eigenvalue weighted by Crippen LogP contribution is 2.39. The number of hydrogen-bond donors (Lipinski definition) is 1. The molecular formula is C14H13Br3FNS. The van der Waals surface area contributed by atoms with Gasteiger partial charge in [-0.2, -0.15) is 0 Å². The van der Waals surface area contributed by atoms with E-state index in [0.717, 1.165) is 36.1 Å². The molecule has 1 aromatic carbocycles. The standard InChI is InChI=1S/C14H13Br3FNS/c1-2-5-19-13(10-7-12(16)20-14(10)17)9-4-3-8(18)6-11(9)15/h3-4,6-7,13,19H,2,5H2,1H3. The quantitative estimate of drug-likeness (QED) is 0.526. The molecule has 0 saturated heterocycles. The number of nitrogens with one attached hydrogen (secondary N) is 1. The van der Waals surface area contributed by atoms with Crippen molar-refractivity contribution < 1.29 is 4.39 Å². The maximum absolute atomic E-state index is 13.3. The second-order valence-corrected chi connectivity index (χ2v) is 8.94. The van der Waals surface area contributed by atoms with Crippen molar-refractivity contribution in [2.75, 3.05) is 6.54 Å². The van der Waals surface area contributed by atoms with Crippen LogP contribution in [0.25, 0.3) is 0 Å².